The van der Waals surface area contributed by atoms with Crippen LogP contribution in [0, 0.1) is 25.6 Å². The second-order valence-electron chi connectivity index (χ2n) is 15.6. The first kappa shape index (κ1) is 39.1. The van der Waals surface area contributed by atoms with E-state index < -0.39 is 73.9 Å². The van der Waals surface area contributed by atoms with Crippen molar-refractivity contribution in [3.8, 4) is 5.88 Å². The molecule has 2 aliphatic heterocycles. The number of hydrogen-bond acceptors (Lipinski definition) is 10. The van der Waals surface area contributed by atoms with Crippen LogP contribution in [0.4, 0.5) is 4.39 Å². The van der Waals surface area contributed by atoms with Crippen LogP contribution in [0.25, 0.3) is 11.0 Å². The highest BCUT2D eigenvalue weighted by Crippen LogP contribution is 2.43. The standard InChI is InChI=1S/C39H47FN8O7S/c1-23-19-31(47(4)45-23)33(49)42-29-13-9-7-5-6-8-11-25-12-10-16-39(25,37(52)46-56(53,54)38(3)17-18-38)44-34(50)32-21-27(22-48(32)36(29)51)55-35-24(2)41-28-15-14-26(40)20-30(28)43-35/h8,10-12,14-15,19-20,25,27,29,32H,5-7,9,13,16-18,21-22H2,1-4H3,(H,42,49)(H,44,50)(H,46,52)/b11-8-/t25?,27-,29+,32+,39-/m1/s1. The Bertz CT molecular complexity index is 2250. The molecule has 15 nitrogen and oxygen atoms in total. The molecule has 0 radical (unpaired) electrons. The molecule has 2 fully saturated rings. The number of allylic oxidation sites excluding steroid dienone is 1. The van der Waals surface area contributed by atoms with Crippen molar-refractivity contribution < 1.29 is 36.7 Å². The highest BCUT2D eigenvalue weighted by molar-refractivity contribution is 7.91. The quantitative estimate of drug-likeness (QED) is 0.299. The van der Waals surface area contributed by atoms with Gasteiger partial charge in [0, 0.05) is 25.5 Å². The molecule has 0 spiro atoms. The zero-order valence-corrected chi connectivity index (χ0v) is 32.7. The molecular weight excluding hydrogens is 744 g/mol. The van der Waals surface area contributed by atoms with E-state index in [4.69, 9.17) is 4.74 Å². The molecule has 56 heavy (non-hydrogen) atoms. The number of aryl methyl sites for hydroxylation is 3. The Morgan fingerprint density at radius 2 is 1.80 bits per heavy atom. The van der Waals surface area contributed by atoms with Gasteiger partial charge in [0.2, 0.25) is 27.7 Å². The highest BCUT2D eigenvalue weighted by atomic mass is 32.2. The number of nitrogens with one attached hydrogen (secondary N) is 3. The molecule has 3 N–H and O–H groups in total. The van der Waals surface area contributed by atoms with Crippen LogP contribution in [-0.2, 0) is 31.5 Å². The number of sulfonamides is 1. The zero-order valence-electron chi connectivity index (χ0n) is 31.9. The van der Waals surface area contributed by atoms with Gasteiger partial charge in [-0.25, -0.2) is 22.8 Å². The minimum absolute atomic E-state index is 0.0115. The molecule has 1 saturated heterocycles. The lowest BCUT2D eigenvalue weighted by Gasteiger charge is -2.36. The van der Waals surface area contributed by atoms with E-state index in [1.54, 1.807) is 46.0 Å². The Kier molecular flexibility index (Phi) is 10.5. The number of aromatic nitrogens is 4. The van der Waals surface area contributed by atoms with Crippen LogP contribution in [0.5, 0.6) is 5.88 Å². The van der Waals surface area contributed by atoms with Crippen LogP contribution < -0.4 is 20.1 Å². The number of fused-ring (bicyclic) bond motifs is 3. The number of carbonyl (C=O) groups is 4. The molecule has 17 heteroatoms. The van der Waals surface area contributed by atoms with Gasteiger partial charge in [-0.05, 0) is 77.5 Å². The number of hydrogen-bond donors (Lipinski definition) is 3. The molecule has 4 amide bonds. The lowest BCUT2D eigenvalue weighted by atomic mass is 9.84. The van der Waals surface area contributed by atoms with Crippen LogP contribution in [0.3, 0.4) is 0 Å². The van der Waals surface area contributed by atoms with Crippen molar-refractivity contribution in [1.29, 1.82) is 0 Å². The lowest BCUT2D eigenvalue weighted by molar-refractivity contribution is -0.142. The molecule has 298 valence electrons. The Morgan fingerprint density at radius 1 is 1.04 bits per heavy atom. The first-order valence-electron chi connectivity index (χ1n) is 19.0. The summed E-state index contributed by atoms with van der Waals surface area (Å²) in [6.45, 7) is 4.92. The summed E-state index contributed by atoms with van der Waals surface area (Å²) < 4.78 is 49.7. The van der Waals surface area contributed by atoms with E-state index in [2.05, 4.69) is 30.4 Å². The number of halogens is 1. The monoisotopic (exact) mass is 790 g/mol. The number of rotatable bonds is 7. The van der Waals surface area contributed by atoms with Crippen molar-refractivity contribution >= 4 is 44.7 Å². The van der Waals surface area contributed by atoms with E-state index in [1.165, 1.54) is 27.8 Å². The first-order valence-corrected chi connectivity index (χ1v) is 20.5. The van der Waals surface area contributed by atoms with Crippen molar-refractivity contribution in [1.82, 2.24) is 40.0 Å². The lowest BCUT2D eigenvalue weighted by Crippen LogP contribution is -2.65. The van der Waals surface area contributed by atoms with Gasteiger partial charge in [-0.3, -0.25) is 28.6 Å². The Labute approximate surface area is 324 Å². The molecule has 0 bridgehead atoms. The average molecular weight is 791 g/mol. The molecule has 4 heterocycles. The fourth-order valence-corrected chi connectivity index (χ4v) is 9.05. The second kappa shape index (κ2) is 15.0. The molecule has 1 aromatic carbocycles. The molecule has 7 rings (SSSR count). The van der Waals surface area contributed by atoms with Crippen molar-refractivity contribution in [2.24, 2.45) is 13.0 Å². The third kappa shape index (κ3) is 7.64. The molecule has 2 aliphatic carbocycles. The van der Waals surface area contributed by atoms with Gasteiger partial charge in [0.1, 0.15) is 40.9 Å². The summed E-state index contributed by atoms with van der Waals surface area (Å²) in [7, 11) is -2.43. The summed E-state index contributed by atoms with van der Waals surface area (Å²) in [5, 5.41) is 10.1. The molecule has 1 unspecified atom stereocenters. The molecule has 2 aromatic heterocycles. The maximum absolute atomic E-state index is 14.7. The second-order valence-corrected chi connectivity index (χ2v) is 17.8. The van der Waals surface area contributed by atoms with E-state index in [1.807, 2.05) is 12.2 Å². The Morgan fingerprint density at radius 3 is 2.54 bits per heavy atom. The zero-order chi connectivity index (χ0) is 40.0. The normalized spacial score (nSPS) is 27.1. The number of amides is 4. The summed E-state index contributed by atoms with van der Waals surface area (Å²) in [5.41, 5.74) is 0.307. The number of benzene rings is 1. The van der Waals surface area contributed by atoms with E-state index in [0.29, 0.717) is 42.6 Å². The molecular formula is C39H47FN8O7S. The largest absolute Gasteiger partial charge is 0.471 e. The van der Waals surface area contributed by atoms with Gasteiger partial charge in [0.25, 0.3) is 11.8 Å². The highest BCUT2D eigenvalue weighted by Gasteiger charge is 2.55. The topological polar surface area (TPSA) is 195 Å². The molecule has 3 aromatic rings. The van der Waals surface area contributed by atoms with Gasteiger partial charge in [-0.15, -0.1) is 0 Å². The fraction of sp³-hybridized carbons (Fsp3) is 0.513. The summed E-state index contributed by atoms with van der Waals surface area (Å²) in [6, 6.07) is 3.41. The van der Waals surface area contributed by atoms with E-state index >= 15 is 0 Å². The van der Waals surface area contributed by atoms with Gasteiger partial charge in [0.05, 0.1) is 28.0 Å². The van der Waals surface area contributed by atoms with Crippen molar-refractivity contribution in [3.05, 3.63) is 71.5 Å². The predicted octanol–water partition coefficient (Wildman–Crippen LogP) is 3.22. The van der Waals surface area contributed by atoms with Gasteiger partial charge < -0.3 is 20.3 Å². The smallest absolute Gasteiger partial charge is 0.270 e. The van der Waals surface area contributed by atoms with Crippen molar-refractivity contribution in [2.75, 3.05) is 6.54 Å². The molecule has 4 aliphatic rings. The third-order valence-corrected chi connectivity index (χ3v) is 13.5. The summed E-state index contributed by atoms with van der Waals surface area (Å²) in [6.07, 6.45) is 10.2. The van der Waals surface area contributed by atoms with E-state index in [9.17, 15) is 32.0 Å². The first-order chi connectivity index (χ1) is 26.6. The summed E-state index contributed by atoms with van der Waals surface area (Å²) in [5.74, 6) is -3.67. The number of ether oxygens (including phenoxy) is 1. The van der Waals surface area contributed by atoms with Crippen LogP contribution in [0.2, 0.25) is 0 Å². The fourth-order valence-electron chi connectivity index (χ4n) is 7.74. The van der Waals surface area contributed by atoms with E-state index in [-0.39, 0.29) is 42.9 Å². The number of nitrogens with zero attached hydrogens (tertiary/aromatic N) is 5. The summed E-state index contributed by atoms with van der Waals surface area (Å²) in [4.78, 5) is 67.5. The van der Waals surface area contributed by atoms with Gasteiger partial charge in [-0.2, -0.15) is 5.10 Å². The van der Waals surface area contributed by atoms with Gasteiger partial charge in [-0.1, -0.05) is 37.1 Å². The summed E-state index contributed by atoms with van der Waals surface area (Å²) >= 11 is 0. The van der Waals surface area contributed by atoms with Gasteiger partial charge in [0.15, 0.2) is 0 Å². The molecule has 1 saturated carbocycles. The maximum atomic E-state index is 14.7. The SMILES string of the molecule is Cc1cc(C(=O)N[C@H]2CCCCC/C=C\C3C=CC[C@@]3(C(=O)NS(=O)(=O)C3(C)CC3)NC(=O)[C@@H]3C[C@@H](Oc4nc5cc(F)ccc5nc4C)CN3C2=O)n(C)n1. The Hall–Kier alpha value is -5.19. The predicted molar refractivity (Wildman–Crippen MR) is 203 cm³/mol. The molecule has 5 atom stereocenters. The van der Waals surface area contributed by atoms with Crippen LogP contribution in [-0.4, -0.2) is 91.7 Å². The minimum Gasteiger partial charge on any atom is -0.471 e. The van der Waals surface area contributed by atoms with Gasteiger partial charge >= 0.3 is 0 Å². The van der Waals surface area contributed by atoms with E-state index in [0.717, 1.165) is 12.8 Å². The maximum Gasteiger partial charge on any atom is 0.270 e. The van der Waals surface area contributed by atoms with Crippen LogP contribution in [0.1, 0.15) is 86.6 Å². The average Bonchev–Trinajstić information content (AvgIpc) is 3.41. The van der Waals surface area contributed by atoms with Crippen molar-refractivity contribution in [3.63, 3.8) is 0 Å². The minimum atomic E-state index is -4.07. The Balaban J connectivity index is 1.23. The van der Waals surface area contributed by atoms with Crippen molar-refractivity contribution in [2.45, 2.75) is 107 Å². The van der Waals surface area contributed by atoms with Crippen LogP contribution in [0.15, 0.2) is 48.6 Å². The number of carbonyl (C=O) groups excluding carboxylic acids is 4. The van der Waals surface area contributed by atoms with Crippen LogP contribution >= 0.6 is 0 Å². The third-order valence-electron chi connectivity index (χ3n) is 11.4.